The highest BCUT2D eigenvalue weighted by molar-refractivity contribution is 8.00. The second-order valence-electron chi connectivity index (χ2n) is 4.87. The van der Waals surface area contributed by atoms with Crippen molar-refractivity contribution in [3.05, 3.63) is 29.8 Å². The molecule has 0 saturated carbocycles. The quantitative estimate of drug-likeness (QED) is 0.635. The summed E-state index contributed by atoms with van der Waals surface area (Å²) < 4.78 is 5.74. The minimum absolute atomic E-state index is 0.172. The third-order valence-electron chi connectivity index (χ3n) is 3.53. The SMILES string of the molecule is CCOc1cccc(C(NN)C2(C)CCCS2)c1. The Labute approximate surface area is 113 Å². The molecule has 100 valence electrons. The molecular formula is C14H22N2OS. The average Bonchev–Trinajstić information content (AvgIpc) is 2.79. The second-order valence-corrected chi connectivity index (χ2v) is 6.50. The monoisotopic (exact) mass is 266 g/mol. The normalized spacial score (nSPS) is 25.1. The van der Waals surface area contributed by atoms with Crippen LogP contribution in [0.3, 0.4) is 0 Å². The van der Waals surface area contributed by atoms with Crippen molar-refractivity contribution in [1.82, 2.24) is 5.43 Å². The molecular weight excluding hydrogens is 244 g/mol. The van der Waals surface area contributed by atoms with Crippen molar-refractivity contribution >= 4 is 11.8 Å². The Morgan fingerprint density at radius 3 is 3.00 bits per heavy atom. The third-order valence-corrected chi connectivity index (χ3v) is 5.12. The predicted octanol–water partition coefficient (Wildman–Crippen LogP) is 2.88. The van der Waals surface area contributed by atoms with E-state index in [0.29, 0.717) is 6.61 Å². The van der Waals surface area contributed by atoms with Crippen LogP contribution < -0.4 is 16.0 Å². The third kappa shape index (κ3) is 2.82. The van der Waals surface area contributed by atoms with Crippen molar-refractivity contribution in [2.75, 3.05) is 12.4 Å². The molecule has 1 aliphatic rings. The number of hydrogen-bond acceptors (Lipinski definition) is 4. The topological polar surface area (TPSA) is 47.3 Å². The summed E-state index contributed by atoms with van der Waals surface area (Å²) in [5.74, 6) is 7.93. The zero-order valence-corrected chi connectivity index (χ0v) is 11.9. The van der Waals surface area contributed by atoms with Gasteiger partial charge in [-0.3, -0.25) is 11.3 Å². The minimum atomic E-state index is 0.172. The summed E-state index contributed by atoms with van der Waals surface area (Å²) >= 11 is 2.01. The van der Waals surface area contributed by atoms with Gasteiger partial charge in [-0.15, -0.1) is 0 Å². The molecule has 3 N–H and O–H groups in total. The Hall–Kier alpha value is -0.710. The van der Waals surface area contributed by atoms with Crippen molar-refractivity contribution in [3.8, 4) is 5.75 Å². The summed E-state index contributed by atoms with van der Waals surface area (Å²) in [5.41, 5.74) is 4.20. The number of hydrogen-bond donors (Lipinski definition) is 2. The van der Waals surface area contributed by atoms with E-state index < -0.39 is 0 Å². The average molecular weight is 266 g/mol. The van der Waals surface area contributed by atoms with E-state index in [-0.39, 0.29) is 10.8 Å². The summed E-state index contributed by atoms with van der Waals surface area (Å²) in [6.45, 7) is 4.98. The van der Waals surface area contributed by atoms with Gasteiger partial charge in [0.25, 0.3) is 0 Å². The highest BCUT2D eigenvalue weighted by atomic mass is 32.2. The number of nitrogens with two attached hydrogens (primary N) is 1. The summed E-state index contributed by atoms with van der Waals surface area (Å²) in [7, 11) is 0. The van der Waals surface area contributed by atoms with Gasteiger partial charge in [0.2, 0.25) is 0 Å². The largest absolute Gasteiger partial charge is 0.494 e. The van der Waals surface area contributed by atoms with Crippen molar-refractivity contribution in [2.24, 2.45) is 5.84 Å². The smallest absolute Gasteiger partial charge is 0.119 e. The lowest BCUT2D eigenvalue weighted by Crippen LogP contribution is -2.41. The number of benzene rings is 1. The van der Waals surface area contributed by atoms with Gasteiger partial charge in [0.05, 0.1) is 12.6 Å². The standard InChI is InChI=1S/C14H22N2OS/c1-3-17-12-7-4-6-11(10-12)13(16-15)14(2)8-5-9-18-14/h4,6-7,10,13,16H,3,5,8-9,15H2,1-2H3. The first kappa shape index (κ1) is 13.7. The Morgan fingerprint density at radius 1 is 1.56 bits per heavy atom. The lowest BCUT2D eigenvalue weighted by atomic mass is 9.90. The molecule has 0 spiro atoms. The van der Waals surface area contributed by atoms with Crippen LogP contribution >= 0.6 is 11.8 Å². The lowest BCUT2D eigenvalue weighted by Gasteiger charge is -2.33. The van der Waals surface area contributed by atoms with E-state index in [0.717, 1.165) is 5.75 Å². The Morgan fingerprint density at radius 2 is 2.39 bits per heavy atom. The van der Waals surface area contributed by atoms with Gasteiger partial charge in [0.1, 0.15) is 5.75 Å². The van der Waals surface area contributed by atoms with Crippen LogP contribution in [0.5, 0.6) is 5.75 Å². The van der Waals surface area contributed by atoms with Gasteiger partial charge in [0, 0.05) is 4.75 Å². The minimum Gasteiger partial charge on any atom is -0.494 e. The van der Waals surface area contributed by atoms with Crippen LogP contribution in [0, 0.1) is 0 Å². The highest BCUT2D eigenvalue weighted by Crippen LogP contribution is 2.46. The fourth-order valence-corrected chi connectivity index (χ4v) is 4.02. The maximum atomic E-state index is 5.79. The summed E-state index contributed by atoms with van der Waals surface area (Å²) in [6.07, 6.45) is 2.47. The summed E-state index contributed by atoms with van der Waals surface area (Å²) in [5, 5.41) is 0. The number of ether oxygens (including phenoxy) is 1. The van der Waals surface area contributed by atoms with Crippen LogP contribution in [0.2, 0.25) is 0 Å². The first-order valence-corrected chi connectivity index (χ1v) is 7.51. The van der Waals surface area contributed by atoms with Crippen LogP contribution in [-0.4, -0.2) is 17.1 Å². The van der Waals surface area contributed by atoms with E-state index in [1.54, 1.807) is 0 Å². The van der Waals surface area contributed by atoms with Crippen LogP contribution in [-0.2, 0) is 0 Å². The molecule has 2 unspecified atom stereocenters. The van der Waals surface area contributed by atoms with Crippen LogP contribution in [0.15, 0.2) is 24.3 Å². The molecule has 0 amide bonds. The number of nitrogens with one attached hydrogen (secondary N) is 1. The van der Waals surface area contributed by atoms with Crippen LogP contribution in [0.4, 0.5) is 0 Å². The molecule has 1 aliphatic heterocycles. The van der Waals surface area contributed by atoms with Crippen LogP contribution in [0.25, 0.3) is 0 Å². The van der Waals surface area contributed by atoms with Crippen molar-refractivity contribution in [2.45, 2.75) is 37.5 Å². The van der Waals surface area contributed by atoms with Gasteiger partial charge in [-0.25, -0.2) is 0 Å². The number of thioether (sulfide) groups is 1. The van der Waals surface area contributed by atoms with Gasteiger partial charge in [-0.2, -0.15) is 11.8 Å². The molecule has 4 heteroatoms. The molecule has 1 heterocycles. The zero-order chi connectivity index (χ0) is 13.0. The lowest BCUT2D eigenvalue weighted by molar-refractivity contribution is 0.338. The molecule has 0 aliphatic carbocycles. The van der Waals surface area contributed by atoms with E-state index in [1.807, 2.05) is 30.8 Å². The molecule has 0 bridgehead atoms. The van der Waals surface area contributed by atoms with Gasteiger partial charge < -0.3 is 4.74 Å². The number of hydrazine groups is 1. The maximum absolute atomic E-state index is 5.79. The van der Waals surface area contributed by atoms with E-state index >= 15 is 0 Å². The molecule has 0 radical (unpaired) electrons. The first-order chi connectivity index (χ1) is 8.69. The van der Waals surface area contributed by atoms with Gasteiger partial charge >= 0.3 is 0 Å². The van der Waals surface area contributed by atoms with Crippen LogP contribution in [0.1, 0.15) is 38.3 Å². The molecule has 1 aromatic carbocycles. The summed E-state index contributed by atoms with van der Waals surface area (Å²) in [6, 6.07) is 8.42. The first-order valence-electron chi connectivity index (χ1n) is 6.52. The molecule has 1 fully saturated rings. The van der Waals surface area contributed by atoms with Crippen molar-refractivity contribution < 1.29 is 4.74 Å². The van der Waals surface area contributed by atoms with E-state index in [9.17, 15) is 0 Å². The molecule has 0 aromatic heterocycles. The fraction of sp³-hybridized carbons (Fsp3) is 0.571. The fourth-order valence-electron chi connectivity index (χ4n) is 2.60. The molecule has 2 atom stereocenters. The van der Waals surface area contributed by atoms with E-state index in [2.05, 4.69) is 24.5 Å². The molecule has 2 rings (SSSR count). The number of rotatable bonds is 5. The predicted molar refractivity (Wildman–Crippen MR) is 77.8 cm³/mol. The Balaban J connectivity index is 2.24. The maximum Gasteiger partial charge on any atom is 0.119 e. The zero-order valence-electron chi connectivity index (χ0n) is 11.1. The Kier molecular flexibility index (Phi) is 4.54. The van der Waals surface area contributed by atoms with Crippen molar-refractivity contribution in [3.63, 3.8) is 0 Å². The highest BCUT2D eigenvalue weighted by Gasteiger charge is 2.38. The Bertz CT molecular complexity index is 391. The van der Waals surface area contributed by atoms with Crippen molar-refractivity contribution in [1.29, 1.82) is 0 Å². The summed E-state index contributed by atoms with van der Waals surface area (Å²) in [4.78, 5) is 0. The van der Waals surface area contributed by atoms with Gasteiger partial charge in [-0.1, -0.05) is 12.1 Å². The molecule has 1 saturated heterocycles. The molecule has 1 aromatic rings. The second kappa shape index (κ2) is 5.95. The van der Waals surface area contributed by atoms with E-state index in [1.165, 1.54) is 24.2 Å². The van der Waals surface area contributed by atoms with Gasteiger partial charge in [-0.05, 0) is 50.1 Å². The van der Waals surface area contributed by atoms with E-state index in [4.69, 9.17) is 10.6 Å². The molecule has 3 nitrogen and oxygen atoms in total. The van der Waals surface area contributed by atoms with Gasteiger partial charge in [0.15, 0.2) is 0 Å². The molecule has 18 heavy (non-hydrogen) atoms.